The van der Waals surface area contributed by atoms with E-state index < -0.39 is 11.1 Å². The molecule has 1 rings (SSSR count). The Balaban J connectivity index is 3.27. The van der Waals surface area contributed by atoms with Crippen molar-refractivity contribution in [2.45, 2.75) is 66.0 Å². The van der Waals surface area contributed by atoms with Crippen molar-refractivity contribution in [3.05, 3.63) is 35.1 Å². The highest BCUT2D eigenvalue weighted by Gasteiger charge is 2.39. The Morgan fingerprint density at radius 1 is 1.31 bits per heavy atom. The van der Waals surface area contributed by atoms with Gasteiger partial charge in [-0.1, -0.05) is 19.1 Å². The average Bonchev–Trinajstić information content (AvgIpc) is 2.71. The van der Waals surface area contributed by atoms with E-state index in [1.165, 1.54) is 5.70 Å². The van der Waals surface area contributed by atoms with Gasteiger partial charge in [0.25, 0.3) is 0 Å². The number of piperazine rings is 1. The summed E-state index contributed by atoms with van der Waals surface area (Å²) in [4.78, 5) is 7.03. The van der Waals surface area contributed by atoms with Gasteiger partial charge in [0.2, 0.25) is 0 Å². The van der Waals surface area contributed by atoms with E-state index in [9.17, 15) is 5.26 Å². The van der Waals surface area contributed by atoms with Crippen molar-refractivity contribution in [2.75, 3.05) is 26.2 Å². The van der Waals surface area contributed by atoms with Crippen LogP contribution in [0.2, 0.25) is 0 Å². The summed E-state index contributed by atoms with van der Waals surface area (Å²) in [6.07, 6.45) is 6.84. The van der Waals surface area contributed by atoms with E-state index in [0.29, 0.717) is 0 Å². The van der Waals surface area contributed by atoms with Crippen LogP contribution in [-0.2, 0) is 4.65 Å². The van der Waals surface area contributed by atoms with Crippen LogP contribution in [0.25, 0.3) is 0 Å². The monoisotopic (exact) mass is 398 g/mol. The van der Waals surface area contributed by atoms with Crippen LogP contribution in [0.3, 0.4) is 0 Å². The predicted octanol–water partition coefficient (Wildman–Crippen LogP) is 3.11. The highest BCUT2D eigenvalue weighted by atomic mass is 16.5. The number of rotatable bonds is 9. The topological polar surface area (TPSA) is 86.7 Å². The molecule has 0 amide bonds. The number of hydrogen-bond acceptors (Lipinski definition) is 6. The lowest BCUT2D eigenvalue weighted by Crippen LogP contribution is -2.56. The van der Waals surface area contributed by atoms with E-state index in [1.807, 2.05) is 46.0 Å². The standard InChI is InChI=1S/C22H37BN5O/c1-8-10-11-27-17(3)20(18(4)28-14-12-26-13-15-28)19(9-2)23-29-21(5,6)22(7,25)16-24/h9-11,26H,8,12-15,25H2,1-7H3/b11-10+,19-9+,20-18-,27-17+. The van der Waals surface area contributed by atoms with Crippen LogP contribution in [0.5, 0.6) is 0 Å². The molecule has 0 saturated carbocycles. The normalized spacial score (nSPS) is 19.6. The van der Waals surface area contributed by atoms with Crippen molar-refractivity contribution in [2.24, 2.45) is 10.7 Å². The summed E-state index contributed by atoms with van der Waals surface area (Å²) in [7, 11) is 1.71. The van der Waals surface area contributed by atoms with Crippen molar-refractivity contribution >= 4 is 13.2 Å². The van der Waals surface area contributed by atoms with Crippen LogP contribution in [-0.4, -0.2) is 55.4 Å². The van der Waals surface area contributed by atoms with Crippen LogP contribution in [0.1, 0.15) is 54.9 Å². The lowest BCUT2D eigenvalue weighted by molar-refractivity contribution is 0.0631. The molecule has 1 aliphatic heterocycles. The van der Waals surface area contributed by atoms with Gasteiger partial charge >= 0.3 is 7.48 Å². The van der Waals surface area contributed by atoms with E-state index in [2.05, 4.69) is 35.1 Å². The molecule has 1 fully saturated rings. The van der Waals surface area contributed by atoms with Gasteiger partial charge in [0.15, 0.2) is 0 Å². The zero-order valence-corrected chi connectivity index (χ0v) is 19.2. The molecule has 0 aromatic carbocycles. The van der Waals surface area contributed by atoms with Gasteiger partial charge in [-0.15, -0.1) is 0 Å². The zero-order chi connectivity index (χ0) is 22.1. The molecule has 0 aromatic heterocycles. The smallest absolute Gasteiger partial charge is 0.331 e. The first-order valence-corrected chi connectivity index (χ1v) is 10.4. The molecule has 1 saturated heterocycles. The lowest BCUT2D eigenvalue weighted by Gasteiger charge is -2.37. The van der Waals surface area contributed by atoms with Crippen LogP contribution in [0.4, 0.5) is 0 Å². The maximum Gasteiger partial charge on any atom is 0.331 e. The average molecular weight is 398 g/mol. The van der Waals surface area contributed by atoms with Crippen molar-refractivity contribution in [1.29, 1.82) is 5.26 Å². The molecule has 3 N–H and O–H groups in total. The van der Waals surface area contributed by atoms with E-state index in [-0.39, 0.29) is 0 Å². The summed E-state index contributed by atoms with van der Waals surface area (Å²) in [6.45, 7) is 17.4. The Hall–Kier alpha value is -1.88. The Morgan fingerprint density at radius 2 is 1.93 bits per heavy atom. The van der Waals surface area contributed by atoms with Gasteiger partial charge in [0, 0.05) is 49.4 Å². The van der Waals surface area contributed by atoms with E-state index in [0.717, 1.165) is 49.4 Å². The number of aliphatic imine (C=N–C) groups is 1. The number of nitrogens with two attached hydrogens (primary N) is 1. The van der Waals surface area contributed by atoms with E-state index in [4.69, 9.17) is 10.4 Å². The predicted molar refractivity (Wildman–Crippen MR) is 123 cm³/mol. The molecule has 0 aliphatic carbocycles. The van der Waals surface area contributed by atoms with Gasteiger partial charge in [-0.2, -0.15) is 5.26 Å². The van der Waals surface area contributed by atoms with Gasteiger partial charge in [-0.3, -0.25) is 4.99 Å². The van der Waals surface area contributed by atoms with Crippen molar-refractivity contribution in [3.8, 4) is 6.07 Å². The summed E-state index contributed by atoms with van der Waals surface area (Å²) in [5.74, 6) is 0. The highest BCUT2D eigenvalue weighted by molar-refractivity contribution is 6.43. The molecule has 0 spiro atoms. The SMILES string of the molecule is C\C=C([B]OC(C)(C)C(C)(N)C#N)/C(C(/C)=N/C=C/CC)=C(/C)N1CCNCC1. The minimum Gasteiger partial charge on any atom is -0.427 e. The fourth-order valence-corrected chi connectivity index (χ4v) is 2.91. The van der Waals surface area contributed by atoms with E-state index in [1.54, 1.807) is 14.4 Å². The molecular weight excluding hydrogens is 361 g/mol. The number of allylic oxidation sites excluding steroid dienone is 5. The van der Waals surface area contributed by atoms with Crippen molar-refractivity contribution in [1.82, 2.24) is 10.2 Å². The maximum absolute atomic E-state index is 9.40. The minimum atomic E-state index is -1.12. The fraction of sp³-hybridized carbons (Fsp3) is 0.636. The molecule has 1 radical (unpaired) electrons. The van der Waals surface area contributed by atoms with Gasteiger partial charge in [-0.25, -0.2) is 0 Å². The molecule has 0 aromatic rings. The third kappa shape index (κ3) is 6.85. The first-order valence-electron chi connectivity index (χ1n) is 10.4. The third-order valence-electron chi connectivity index (χ3n) is 5.49. The second-order valence-corrected chi connectivity index (χ2v) is 8.01. The van der Waals surface area contributed by atoms with Crippen molar-refractivity contribution in [3.63, 3.8) is 0 Å². The number of hydrogen-bond donors (Lipinski definition) is 2. The maximum atomic E-state index is 9.40. The Kier molecular flexibility index (Phi) is 9.84. The van der Waals surface area contributed by atoms with Crippen LogP contribution < -0.4 is 11.1 Å². The Bertz CT molecular complexity index is 707. The first-order chi connectivity index (χ1) is 13.6. The second-order valence-electron chi connectivity index (χ2n) is 8.01. The molecule has 0 bridgehead atoms. The van der Waals surface area contributed by atoms with Crippen LogP contribution >= 0.6 is 0 Å². The molecule has 1 aliphatic rings. The minimum absolute atomic E-state index is 0.850. The Morgan fingerprint density at radius 3 is 2.45 bits per heavy atom. The van der Waals surface area contributed by atoms with Gasteiger partial charge in [0.05, 0.1) is 11.7 Å². The quantitative estimate of drug-likeness (QED) is 0.354. The molecule has 1 unspecified atom stereocenters. The summed E-state index contributed by atoms with van der Waals surface area (Å²) < 4.78 is 6.05. The zero-order valence-electron chi connectivity index (χ0n) is 19.2. The lowest BCUT2D eigenvalue weighted by atomic mass is 9.76. The molecule has 1 atom stereocenters. The fourth-order valence-electron chi connectivity index (χ4n) is 2.91. The molecule has 29 heavy (non-hydrogen) atoms. The van der Waals surface area contributed by atoms with Crippen molar-refractivity contribution < 1.29 is 4.65 Å². The highest BCUT2D eigenvalue weighted by Crippen LogP contribution is 2.26. The van der Waals surface area contributed by atoms with Gasteiger partial charge < -0.3 is 20.6 Å². The Labute approximate surface area is 177 Å². The molecule has 1 heterocycles. The second kappa shape index (κ2) is 11.3. The summed E-state index contributed by atoms with van der Waals surface area (Å²) >= 11 is 0. The third-order valence-corrected chi connectivity index (χ3v) is 5.49. The van der Waals surface area contributed by atoms with Crippen LogP contribution in [0.15, 0.2) is 40.1 Å². The van der Waals surface area contributed by atoms with Crippen LogP contribution in [0, 0.1) is 11.3 Å². The van der Waals surface area contributed by atoms with Gasteiger partial charge in [-0.05, 0) is 53.4 Å². The molecular formula is C22H37BN5O. The summed E-state index contributed by atoms with van der Waals surface area (Å²) in [5.41, 5.74) is 8.22. The summed E-state index contributed by atoms with van der Waals surface area (Å²) in [6, 6.07) is 2.14. The number of nitriles is 1. The van der Waals surface area contributed by atoms with Gasteiger partial charge in [0.1, 0.15) is 5.54 Å². The molecule has 6 nitrogen and oxygen atoms in total. The van der Waals surface area contributed by atoms with E-state index >= 15 is 0 Å². The number of nitrogens with one attached hydrogen (secondary N) is 1. The number of nitrogens with zero attached hydrogens (tertiary/aromatic N) is 3. The molecule has 159 valence electrons. The largest absolute Gasteiger partial charge is 0.427 e. The molecule has 7 heteroatoms. The first kappa shape index (κ1) is 25.2. The summed E-state index contributed by atoms with van der Waals surface area (Å²) in [5, 5.41) is 12.8.